The number of H-pyrrole nitrogens is 1. The number of piperazine rings is 1. The fraction of sp³-hybridized carbons (Fsp3) is 0.500. The van der Waals surface area contributed by atoms with Crippen molar-refractivity contribution in [1.29, 1.82) is 0 Å². The maximum Gasteiger partial charge on any atom is 0.321 e. The Morgan fingerprint density at radius 3 is 2.77 bits per heavy atom. The van der Waals surface area contributed by atoms with Gasteiger partial charge in [0, 0.05) is 25.2 Å². The lowest BCUT2D eigenvalue weighted by atomic mass is 10.0. The fourth-order valence-corrected chi connectivity index (χ4v) is 4.25. The molecule has 0 unspecified atom stereocenters. The van der Waals surface area contributed by atoms with Crippen LogP contribution in [0.3, 0.4) is 0 Å². The summed E-state index contributed by atoms with van der Waals surface area (Å²) in [6, 6.07) is 10.8. The van der Waals surface area contributed by atoms with E-state index in [1.165, 1.54) is 5.56 Å². The number of likely N-dealkylation sites (N-methyl/N-ethyl adjacent to an activating group) is 1. The van der Waals surface area contributed by atoms with Crippen molar-refractivity contribution in [2.24, 2.45) is 0 Å². The molecule has 6 heteroatoms. The highest BCUT2D eigenvalue weighted by molar-refractivity contribution is 5.77. The highest BCUT2D eigenvalue weighted by Crippen LogP contribution is 2.38. The van der Waals surface area contributed by atoms with Crippen LogP contribution in [0, 0.1) is 0 Å². The van der Waals surface area contributed by atoms with Crippen LogP contribution in [0.1, 0.15) is 30.7 Å². The maximum atomic E-state index is 13.5. The second-order valence-corrected chi connectivity index (χ2v) is 8.00. The standard InChI is InChI=1S/C20H27N5O/c1-20(2)18-16(12-21-22-18)13-25(20)19(26)24-10-9-23(3)14-17(24)11-15-7-5-4-6-8-15/h4-8,12,17H,9-11,13-14H2,1-3H3,(H,21,22)/t17-/m0/s1. The third kappa shape index (κ3) is 2.88. The molecule has 0 spiro atoms. The first-order chi connectivity index (χ1) is 12.5. The van der Waals surface area contributed by atoms with Gasteiger partial charge in [0.25, 0.3) is 0 Å². The summed E-state index contributed by atoms with van der Waals surface area (Å²) in [6.45, 7) is 7.40. The van der Waals surface area contributed by atoms with Crippen molar-refractivity contribution in [1.82, 2.24) is 24.9 Å². The first-order valence-corrected chi connectivity index (χ1v) is 9.30. The SMILES string of the molecule is CN1CCN(C(=O)N2Cc3cn[nH]c3C2(C)C)[C@@H](Cc2ccccc2)C1. The average molecular weight is 353 g/mol. The van der Waals surface area contributed by atoms with Gasteiger partial charge in [0.15, 0.2) is 0 Å². The van der Waals surface area contributed by atoms with Crippen molar-refractivity contribution in [2.45, 2.75) is 38.4 Å². The summed E-state index contributed by atoms with van der Waals surface area (Å²) in [5, 5.41) is 7.23. The molecule has 2 amide bonds. The predicted octanol–water partition coefficient (Wildman–Crippen LogP) is 2.44. The van der Waals surface area contributed by atoms with Crippen molar-refractivity contribution < 1.29 is 4.79 Å². The molecule has 0 aliphatic carbocycles. The lowest BCUT2D eigenvalue weighted by molar-refractivity contribution is 0.0611. The molecule has 1 aromatic heterocycles. The third-order valence-corrected chi connectivity index (χ3v) is 5.81. The highest BCUT2D eigenvalue weighted by atomic mass is 16.2. The van der Waals surface area contributed by atoms with Crippen molar-refractivity contribution in [3.63, 3.8) is 0 Å². The Morgan fingerprint density at radius 2 is 2.04 bits per heavy atom. The predicted molar refractivity (Wildman–Crippen MR) is 101 cm³/mol. The normalized spacial score (nSPS) is 22.5. The number of benzene rings is 1. The van der Waals surface area contributed by atoms with E-state index in [4.69, 9.17) is 0 Å². The molecule has 2 aliphatic rings. The molecule has 1 N–H and O–H groups in total. The minimum absolute atomic E-state index is 0.133. The van der Waals surface area contributed by atoms with E-state index in [-0.39, 0.29) is 17.6 Å². The quantitative estimate of drug-likeness (QED) is 0.902. The number of carbonyl (C=O) groups excluding carboxylic acids is 1. The van der Waals surface area contributed by atoms with Gasteiger partial charge in [-0.05, 0) is 32.9 Å². The van der Waals surface area contributed by atoms with Gasteiger partial charge in [-0.25, -0.2) is 4.79 Å². The molecule has 1 saturated heterocycles. The van der Waals surface area contributed by atoms with Gasteiger partial charge in [0.2, 0.25) is 0 Å². The van der Waals surface area contributed by atoms with Gasteiger partial charge in [-0.2, -0.15) is 5.10 Å². The molecule has 6 nitrogen and oxygen atoms in total. The molecule has 2 aliphatic heterocycles. The molecule has 3 heterocycles. The minimum Gasteiger partial charge on any atom is -0.319 e. The molecule has 1 fully saturated rings. The summed E-state index contributed by atoms with van der Waals surface area (Å²) in [7, 11) is 2.14. The maximum absolute atomic E-state index is 13.5. The Bertz CT molecular complexity index is 785. The minimum atomic E-state index is -0.358. The zero-order valence-corrected chi connectivity index (χ0v) is 15.8. The Kier molecular flexibility index (Phi) is 4.23. The first-order valence-electron chi connectivity index (χ1n) is 9.30. The van der Waals surface area contributed by atoms with Crippen molar-refractivity contribution in [2.75, 3.05) is 26.7 Å². The summed E-state index contributed by atoms with van der Waals surface area (Å²) in [5.41, 5.74) is 3.10. The second-order valence-electron chi connectivity index (χ2n) is 8.00. The number of nitrogens with zero attached hydrogens (tertiary/aromatic N) is 4. The number of aromatic amines is 1. The topological polar surface area (TPSA) is 55.5 Å². The third-order valence-electron chi connectivity index (χ3n) is 5.81. The summed E-state index contributed by atoms with van der Waals surface area (Å²) in [4.78, 5) is 19.9. The Balaban J connectivity index is 1.56. The number of aromatic nitrogens is 2. The van der Waals surface area contributed by atoms with Crippen LogP contribution in [0.5, 0.6) is 0 Å². The number of amides is 2. The van der Waals surface area contributed by atoms with Crippen molar-refractivity contribution in [3.05, 3.63) is 53.3 Å². The van der Waals surface area contributed by atoms with E-state index in [1.807, 2.05) is 17.2 Å². The van der Waals surface area contributed by atoms with Gasteiger partial charge >= 0.3 is 6.03 Å². The molecule has 0 bridgehead atoms. The van der Waals surface area contributed by atoms with E-state index in [9.17, 15) is 4.79 Å². The fourth-order valence-electron chi connectivity index (χ4n) is 4.25. The number of hydrogen-bond acceptors (Lipinski definition) is 3. The largest absolute Gasteiger partial charge is 0.321 e. The number of hydrogen-bond donors (Lipinski definition) is 1. The van der Waals surface area contributed by atoms with Gasteiger partial charge in [-0.1, -0.05) is 30.3 Å². The van der Waals surface area contributed by atoms with E-state index in [0.29, 0.717) is 6.54 Å². The van der Waals surface area contributed by atoms with E-state index < -0.39 is 0 Å². The van der Waals surface area contributed by atoms with E-state index in [2.05, 4.69) is 65.2 Å². The second kappa shape index (κ2) is 6.43. The lowest BCUT2D eigenvalue weighted by Crippen LogP contribution is -2.59. The molecule has 1 atom stereocenters. The van der Waals surface area contributed by atoms with Crippen LogP contribution in [0.25, 0.3) is 0 Å². The molecule has 0 saturated carbocycles. The molecule has 138 valence electrons. The van der Waals surface area contributed by atoms with Crippen LogP contribution in [-0.2, 0) is 18.5 Å². The highest BCUT2D eigenvalue weighted by Gasteiger charge is 2.45. The molecular formula is C20H27N5O. The van der Waals surface area contributed by atoms with Crippen LogP contribution in [-0.4, -0.2) is 63.7 Å². The van der Waals surface area contributed by atoms with E-state index >= 15 is 0 Å². The van der Waals surface area contributed by atoms with Crippen LogP contribution in [0.15, 0.2) is 36.5 Å². The van der Waals surface area contributed by atoms with Crippen molar-refractivity contribution in [3.8, 4) is 0 Å². The number of carbonyl (C=O) groups is 1. The number of rotatable bonds is 2. The summed E-state index contributed by atoms with van der Waals surface area (Å²) in [6.07, 6.45) is 2.73. The van der Waals surface area contributed by atoms with Gasteiger partial charge in [0.1, 0.15) is 0 Å². The summed E-state index contributed by atoms with van der Waals surface area (Å²) < 4.78 is 0. The Morgan fingerprint density at radius 1 is 1.27 bits per heavy atom. The van der Waals surface area contributed by atoms with Gasteiger partial charge < -0.3 is 14.7 Å². The Hall–Kier alpha value is -2.34. The molecule has 26 heavy (non-hydrogen) atoms. The number of nitrogens with one attached hydrogen (secondary N) is 1. The van der Waals surface area contributed by atoms with Crippen LogP contribution in [0.4, 0.5) is 4.79 Å². The number of fused-ring (bicyclic) bond motifs is 1. The average Bonchev–Trinajstić information content (AvgIpc) is 3.18. The van der Waals surface area contributed by atoms with Crippen LogP contribution < -0.4 is 0 Å². The van der Waals surface area contributed by atoms with E-state index in [0.717, 1.165) is 37.3 Å². The monoisotopic (exact) mass is 353 g/mol. The number of urea groups is 1. The summed E-state index contributed by atoms with van der Waals surface area (Å²) in [5.74, 6) is 0. The van der Waals surface area contributed by atoms with Crippen molar-refractivity contribution >= 4 is 6.03 Å². The molecular weight excluding hydrogens is 326 g/mol. The first kappa shape index (κ1) is 17.1. The molecule has 1 aromatic carbocycles. The smallest absolute Gasteiger partial charge is 0.319 e. The van der Waals surface area contributed by atoms with Gasteiger partial charge in [0.05, 0.1) is 30.0 Å². The molecule has 0 radical (unpaired) electrons. The van der Waals surface area contributed by atoms with Crippen LogP contribution >= 0.6 is 0 Å². The molecule has 2 aromatic rings. The zero-order valence-electron chi connectivity index (χ0n) is 15.8. The molecule has 4 rings (SSSR count). The lowest BCUT2D eigenvalue weighted by Gasteiger charge is -2.44. The zero-order chi connectivity index (χ0) is 18.3. The summed E-state index contributed by atoms with van der Waals surface area (Å²) >= 11 is 0. The van der Waals surface area contributed by atoms with Gasteiger partial charge in [-0.15, -0.1) is 0 Å². The van der Waals surface area contributed by atoms with Gasteiger partial charge in [-0.3, -0.25) is 5.10 Å². The van der Waals surface area contributed by atoms with E-state index in [1.54, 1.807) is 0 Å². The Labute approximate surface area is 154 Å². The van der Waals surface area contributed by atoms with Crippen LogP contribution in [0.2, 0.25) is 0 Å².